The van der Waals surface area contributed by atoms with Gasteiger partial charge in [-0.1, -0.05) is 22.0 Å². The average molecular weight is 330 g/mol. The topological polar surface area (TPSA) is 43.8 Å². The van der Waals surface area contributed by atoms with Crippen LogP contribution < -0.4 is 5.73 Å². The van der Waals surface area contributed by atoms with E-state index in [1.165, 1.54) is 5.56 Å². The van der Waals surface area contributed by atoms with Gasteiger partial charge in [-0.25, -0.2) is 4.98 Å². The second kappa shape index (κ2) is 4.94. The molecule has 3 rings (SSSR count). The van der Waals surface area contributed by atoms with Gasteiger partial charge >= 0.3 is 0 Å². The van der Waals surface area contributed by atoms with Gasteiger partial charge in [0.05, 0.1) is 11.0 Å². The van der Waals surface area contributed by atoms with Crippen molar-refractivity contribution in [2.24, 2.45) is 0 Å². The van der Waals surface area contributed by atoms with Gasteiger partial charge in [-0.2, -0.15) is 0 Å². The molecule has 2 N–H and O–H groups in total. The Bertz CT molecular complexity index is 790. The van der Waals surface area contributed by atoms with E-state index in [1.807, 2.05) is 18.2 Å². The maximum atomic E-state index is 5.92. The number of nitrogens with zero attached hydrogens (tertiary/aromatic N) is 2. The maximum absolute atomic E-state index is 5.92. The molecule has 1 heterocycles. The number of nitrogen functional groups attached to an aromatic ring is 1. The highest BCUT2D eigenvalue weighted by molar-refractivity contribution is 9.10. The Labute approximate surface area is 126 Å². The largest absolute Gasteiger partial charge is 0.399 e. The lowest BCUT2D eigenvalue weighted by Crippen LogP contribution is -1.98. The molecule has 0 radical (unpaired) electrons. The van der Waals surface area contributed by atoms with Gasteiger partial charge in [0.1, 0.15) is 5.82 Å². The van der Waals surface area contributed by atoms with Crippen molar-refractivity contribution in [3.8, 4) is 11.4 Å². The fraction of sp³-hybridized carbons (Fsp3) is 0.188. The summed E-state index contributed by atoms with van der Waals surface area (Å²) in [5.41, 5.74) is 11.1. The number of halogens is 1. The molecule has 1 aromatic heterocycles. The summed E-state index contributed by atoms with van der Waals surface area (Å²) in [5, 5.41) is 0. The Morgan fingerprint density at radius 3 is 2.75 bits per heavy atom. The first-order chi connectivity index (χ1) is 9.60. The molecule has 0 aliphatic heterocycles. The molecular formula is C16H16BrN3. The Morgan fingerprint density at radius 1 is 1.20 bits per heavy atom. The van der Waals surface area contributed by atoms with Crippen molar-refractivity contribution < 1.29 is 0 Å². The zero-order chi connectivity index (χ0) is 14.3. The maximum Gasteiger partial charge on any atom is 0.142 e. The molecule has 0 aliphatic rings. The van der Waals surface area contributed by atoms with E-state index in [1.54, 1.807) is 0 Å². The van der Waals surface area contributed by atoms with Gasteiger partial charge in [0.25, 0.3) is 0 Å². The van der Waals surface area contributed by atoms with Gasteiger partial charge in [0, 0.05) is 22.3 Å². The van der Waals surface area contributed by atoms with E-state index in [9.17, 15) is 0 Å². The standard InChI is InChI=1S/C16H16BrN3/c1-3-20-15-7-4-10(2)8-14(15)19-16(20)12-9-11(18)5-6-13(12)17/h4-9H,3,18H2,1-2H3. The number of aromatic nitrogens is 2. The molecule has 0 amide bonds. The molecule has 0 aliphatic carbocycles. The van der Waals surface area contributed by atoms with E-state index in [0.29, 0.717) is 0 Å². The lowest BCUT2D eigenvalue weighted by atomic mass is 10.2. The third kappa shape index (κ3) is 2.10. The van der Waals surface area contributed by atoms with Gasteiger partial charge < -0.3 is 10.3 Å². The molecule has 0 saturated carbocycles. The van der Waals surface area contributed by atoms with Crippen LogP contribution in [0.2, 0.25) is 0 Å². The van der Waals surface area contributed by atoms with Crippen LogP contribution in [-0.2, 0) is 6.54 Å². The third-order valence-corrected chi connectivity index (χ3v) is 4.14. The van der Waals surface area contributed by atoms with Crippen molar-refractivity contribution in [3.63, 3.8) is 0 Å². The Morgan fingerprint density at radius 2 is 2.00 bits per heavy atom. The van der Waals surface area contributed by atoms with E-state index in [0.717, 1.165) is 39.1 Å². The molecule has 0 fully saturated rings. The number of hydrogen-bond donors (Lipinski definition) is 1. The first kappa shape index (κ1) is 13.2. The van der Waals surface area contributed by atoms with Gasteiger partial charge in [-0.05, 0) is 49.7 Å². The first-order valence-electron chi connectivity index (χ1n) is 6.62. The zero-order valence-corrected chi connectivity index (χ0v) is 13.1. The summed E-state index contributed by atoms with van der Waals surface area (Å²) >= 11 is 3.59. The molecule has 3 aromatic rings. The summed E-state index contributed by atoms with van der Waals surface area (Å²) in [5.74, 6) is 0.951. The Kier molecular flexibility index (Phi) is 3.26. The molecule has 0 bridgehead atoms. The monoisotopic (exact) mass is 329 g/mol. The van der Waals surface area contributed by atoms with Crippen LogP contribution in [0.4, 0.5) is 5.69 Å². The van der Waals surface area contributed by atoms with Crippen molar-refractivity contribution in [1.29, 1.82) is 0 Å². The quantitative estimate of drug-likeness (QED) is 0.709. The molecule has 102 valence electrons. The van der Waals surface area contributed by atoms with Crippen LogP contribution >= 0.6 is 15.9 Å². The van der Waals surface area contributed by atoms with Gasteiger partial charge in [-0.3, -0.25) is 0 Å². The summed E-state index contributed by atoms with van der Waals surface area (Å²) in [4.78, 5) is 4.79. The number of nitrogens with two attached hydrogens (primary N) is 1. The predicted octanol–water partition coefficient (Wildman–Crippen LogP) is 4.38. The van der Waals surface area contributed by atoms with Crippen LogP contribution in [0.25, 0.3) is 22.4 Å². The number of rotatable bonds is 2. The third-order valence-electron chi connectivity index (χ3n) is 3.45. The number of benzene rings is 2. The summed E-state index contributed by atoms with van der Waals surface area (Å²) in [6.07, 6.45) is 0. The molecule has 20 heavy (non-hydrogen) atoms. The summed E-state index contributed by atoms with van der Waals surface area (Å²) < 4.78 is 3.22. The van der Waals surface area contributed by atoms with E-state index in [2.05, 4.69) is 52.5 Å². The van der Waals surface area contributed by atoms with Crippen LogP contribution in [0.1, 0.15) is 12.5 Å². The highest BCUT2D eigenvalue weighted by Gasteiger charge is 2.14. The molecule has 3 nitrogen and oxygen atoms in total. The number of fused-ring (bicyclic) bond motifs is 1. The minimum absolute atomic E-state index is 0.745. The number of anilines is 1. The highest BCUT2D eigenvalue weighted by atomic mass is 79.9. The normalized spacial score (nSPS) is 11.2. The van der Waals surface area contributed by atoms with Gasteiger partial charge in [0.15, 0.2) is 0 Å². The van der Waals surface area contributed by atoms with E-state index in [4.69, 9.17) is 10.7 Å². The first-order valence-corrected chi connectivity index (χ1v) is 7.41. The summed E-state index contributed by atoms with van der Waals surface area (Å²) in [6.45, 7) is 5.08. The number of imidazole rings is 1. The molecule has 2 aromatic carbocycles. The summed E-state index contributed by atoms with van der Waals surface area (Å²) in [7, 11) is 0. The predicted molar refractivity (Wildman–Crippen MR) is 87.7 cm³/mol. The molecular weight excluding hydrogens is 314 g/mol. The van der Waals surface area contributed by atoms with Crippen LogP contribution in [0, 0.1) is 6.92 Å². The molecule has 4 heteroatoms. The smallest absolute Gasteiger partial charge is 0.142 e. The van der Waals surface area contributed by atoms with E-state index < -0.39 is 0 Å². The van der Waals surface area contributed by atoms with Gasteiger partial charge in [0.2, 0.25) is 0 Å². The Hall–Kier alpha value is -1.81. The molecule has 0 atom stereocenters. The van der Waals surface area contributed by atoms with Crippen molar-refractivity contribution in [1.82, 2.24) is 9.55 Å². The average Bonchev–Trinajstić information content (AvgIpc) is 2.78. The second-order valence-electron chi connectivity index (χ2n) is 4.91. The van der Waals surface area contributed by atoms with Crippen LogP contribution in [0.3, 0.4) is 0 Å². The van der Waals surface area contributed by atoms with Crippen molar-refractivity contribution in [3.05, 3.63) is 46.4 Å². The lowest BCUT2D eigenvalue weighted by molar-refractivity contribution is 0.796. The number of aryl methyl sites for hydroxylation is 2. The van der Waals surface area contributed by atoms with Crippen LogP contribution in [-0.4, -0.2) is 9.55 Å². The van der Waals surface area contributed by atoms with Crippen molar-refractivity contribution >= 4 is 32.7 Å². The Balaban J connectivity index is 2.32. The SMILES string of the molecule is CCn1c(-c2cc(N)ccc2Br)nc2cc(C)ccc21. The summed E-state index contributed by atoms with van der Waals surface area (Å²) in [6, 6.07) is 12.2. The molecule has 0 spiro atoms. The number of hydrogen-bond acceptors (Lipinski definition) is 2. The minimum Gasteiger partial charge on any atom is -0.399 e. The second-order valence-corrected chi connectivity index (χ2v) is 5.77. The van der Waals surface area contributed by atoms with Crippen molar-refractivity contribution in [2.75, 3.05) is 5.73 Å². The highest BCUT2D eigenvalue weighted by Crippen LogP contribution is 2.32. The molecule has 0 unspecified atom stereocenters. The zero-order valence-electron chi connectivity index (χ0n) is 11.5. The fourth-order valence-corrected chi connectivity index (χ4v) is 2.90. The van der Waals surface area contributed by atoms with E-state index >= 15 is 0 Å². The van der Waals surface area contributed by atoms with Crippen molar-refractivity contribution in [2.45, 2.75) is 20.4 Å². The van der Waals surface area contributed by atoms with Crippen LogP contribution in [0.5, 0.6) is 0 Å². The van der Waals surface area contributed by atoms with E-state index in [-0.39, 0.29) is 0 Å². The lowest BCUT2D eigenvalue weighted by Gasteiger charge is -2.08. The molecule has 0 saturated heterocycles. The van der Waals surface area contributed by atoms with Gasteiger partial charge in [-0.15, -0.1) is 0 Å². The van der Waals surface area contributed by atoms with Crippen LogP contribution in [0.15, 0.2) is 40.9 Å². The fourth-order valence-electron chi connectivity index (χ4n) is 2.48. The minimum atomic E-state index is 0.745.